The summed E-state index contributed by atoms with van der Waals surface area (Å²) in [6.07, 6.45) is 0. The average molecular weight is 152 g/mol. The van der Waals surface area contributed by atoms with Crippen molar-refractivity contribution in [3.05, 3.63) is 0 Å². The summed E-state index contributed by atoms with van der Waals surface area (Å²) >= 11 is 0. The SMILES string of the molecule is CC1(C(=O)O)CNC1.Cl. The lowest BCUT2D eigenvalue weighted by atomic mass is 9.85. The van der Waals surface area contributed by atoms with Crippen molar-refractivity contribution in [3.8, 4) is 0 Å². The fourth-order valence-corrected chi connectivity index (χ4v) is 0.651. The van der Waals surface area contributed by atoms with Crippen molar-refractivity contribution in [1.82, 2.24) is 5.32 Å². The molecule has 2 N–H and O–H groups in total. The lowest BCUT2D eigenvalue weighted by molar-refractivity contribution is -0.150. The van der Waals surface area contributed by atoms with Gasteiger partial charge in [-0.3, -0.25) is 4.79 Å². The molecule has 0 radical (unpaired) electrons. The van der Waals surface area contributed by atoms with E-state index < -0.39 is 11.4 Å². The Morgan fingerprint density at radius 1 is 1.67 bits per heavy atom. The van der Waals surface area contributed by atoms with E-state index in [0.717, 1.165) is 0 Å². The molecular weight excluding hydrogens is 142 g/mol. The Morgan fingerprint density at radius 2 is 2.11 bits per heavy atom. The van der Waals surface area contributed by atoms with Crippen LogP contribution >= 0.6 is 12.4 Å². The summed E-state index contributed by atoms with van der Waals surface area (Å²) in [7, 11) is 0. The topological polar surface area (TPSA) is 49.3 Å². The number of nitrogens with one attached hydrogen (secondary N) is 1. The minimum absolute atomic E-state index is 0. The quantitative estimate of drug-likeness (QED) is 0.559. The van der Waals surface area contributed by atoms with Crippen molar-refractivity contribution in [2.24, 2.45) is 5.41 Å². The van der Waals surface area contributed by atoms with Gasteiger partial charge in [-0.05, 0) is 6.92 Å². The number of hydrogen-bond acceptors (Lipinski definition) is 2. The summed E-state index contributed by atoms with van der Waals surface area (Å²) in [6.45, 7) is 2.97. The fraction of sp³-hybridized carbons (Fsp3) is 0.800. The van der Waals surface area contributed by atoms with Crippen LogP contribution in [0.15, 0.2) is 0 Å². The molecule has 0 aromatic heterocycles. The monoisotopic (exact) mass is 151 g/mol. The molecule has 1 aliphatic heterocycles. The summed E-state index contributed by atoms with van der Waals surface area (Å²) in [6, 6.07) is 0. The summed E-state index contributed by atoms with van der Waals surface area (Å²) in [4.78, 5) is 10.3. The standard InChI is InChI=1S/C5H9NO2.ClH/c1-5(4(7)8)2-6-3-5;/h6H,2-3H2,1H3,(H,7,8);1H. The van der Waals surface area contributed by atoms with Gasteiger partial charge in [0.2, 0.25) is 0 Å². The molecule has 0 aromatic carbocycles. The Hall–Kier alpha value is -0.280. The van der Waals surface area contributed by atoms with Crippen molar-refractivity contribution in [1.29, 1.82) is 0 Å². The molecule has 0 amide bonds. The maximum Gasteiger partial charge on any atom is 0.311 e. The van der Waals surface area contributed by atoms with E-state index in [2.05, 4.69) is 5.32 Å². The third kappa shape index (κ3) is 1.34. The van der Waals surface area contributed by atoms with Gasteiger partial charge in [0.05, 0.1) is 5.41 Å². The van der Waals surface area contributed by atoms with Gasteiger partial charge in [0.1, 0.15) is 0 Å². The molecule has 1 saturated heterocycles. The predicted molar refractivity (Wildman–Crippen MR) is 35.9 cm³/mol. The van der Waals surface area contributed by atoms with Gasteiger partial charge in [0, 0.05) is 13.1 Å². The number of halogens is 1. The first-order valence-electron chi connectivity index (χ1n) is 2.59. The smallest absolute Gasteiger partial charge is 0.311 e. The van der Waals surface area contributed by atoms with E-state index in [1.165, 1.54) is 0 Å². The van der Waals surface area contributed by atoms with Crippen LogP contribution in [0.25, 0.3) is 0 Å². The highest BCUT2D eigenvalue weighted by atomic mass is 35.5. The molecule has 0 spiro atoms. The highest BCUT2D eigenvalue weighted by Gasteiger charge is 2.39. The third-order valence-corrected chi connectivity index (χ3v) is 1.55. The van der Waals surface area contributed by atoms with Crippen LogP contribution in [-0.4, -0.2) is 24.2 Å². The van der Waals surface area contributed by atoms with Crippen molar-refractivity contribution >= 4 is 18.4 Å². The first-order valence-corrected chi connectivity index (χ1v) is 2.59. The van der Waals surface area contributed by atoms with Crippen molar-refractivity contribution in [2.75, 3.05) is 13.1 Å². The van der Waals surface area contributed by atoms with E-state index in [1.54, 1.807) is 6.92 Å². The zero-order chi connectivity index (χ0) is 6.20. The first-order chi connectivity index (χ1) is 3.65. The molecular formula is C5H10ClNO2. The fourth-order valence-electron chi connectivity index (χ4n) is 0.651. The average Bonchev–Trinajstić information content (AvgIpc) is 1.60. The number of carboxylic acids is 1. The maximum atomic E-state index is 10.3. The molecule has 0 bridgehead atoms. The van der Waals surface area contributed by atoms with Crippen LogP contribution in [0.4, 0.5) is 0 Å². The normalized spacial score (nSPS) is 21.4. The number of carbonyl (C=O) groups is 1. The van der Waals surface area contributed by atoms with Crippen LogP contribution in [0.1, 0.15) is 6.92 Å². The summed E-state index contributed by atoms with van der Waals surface area (Å²) in [5.41, 5.74) is -0.472. The van der Waals surface area contributed by atoms with Crippen molar-refractivity contribution in [2.45, 2.75) is 6.92 Å². The van der Waals surface area contributed by atoms with Gasteiger partial charge in [-0.25, -0.2) is 0 Å². The van der Waals surface area contributed by atoms with E-state index in [9.17, 15) is 4.79 Å². The zero-order valence-corrected chi connectivity index (χ0v) is 5.99. The van der Waals surface area contributed by atoms with Gasteiger partial charge < -0.3 is 10.4 Å². The third-order valence-electron chi connectivity index (χ3n) is 1.55. The van der Waals surface area contributed by atoms with Crippen molar-refractivity contribution in [3.63, 3.8) is 0 Å². The molecule has 0 aromatic rings. The van der Waals surface area contributed by atoms with Gasteiger partial charge in [-0.15, -0.1) is 12.4 Å². The predicted octanol–water partition coefficient (Wildman–Crippen LogP) is 0.102. The lowest BCUT2D eigenvalue weighted by Gasteiger charge is -2.34. The van der Waals surface area contributed by atoms with Crippen LogP contribution in [0.2, 0.25) is 0 Å². The minimum atomic E-state index is -0.698. The Kier molecular flexibility index (Phi) is 2.46. The Bertz CT molecular complexity index is 122. The van der Waals surface area contributed by atoms with Crippen LogP contribution in [0.5, 0.6) is 0 Å². The van der Waals surface area contributed by atoms with Gasteiger partial charge in [0.15, 0.2) is 0 Å². The van der Waals surface area contributed by atoms with Gasteiger partial charge in [0.25, 0.3) is 0 Å². The Labute approximate surface area is 59.9 Å². The molecule has 0 unspecified atom stereocenters. The van der Waals surface area contributed by atoms with Gasteiger partial charge in [-0.2, -0.15) is 0 Å². The number of aliphatic carboxylic acids is 1. The molecule has 54 valence electrons. The van der Waals surface area contributed by atoms with Gasteiger partial charge in [-0.1, -0.05) is 0 Å². The summed E-state index contributed by atoms with van der Waals surface area (Å²) in [5.74, 6) is -0.698. The first kappa shape index (κ1) is 8.72. The molecule has 0 atom stereocenters. The molecule has 0 aliphatic carbocycles. The van der Waals surface area contributed by atoms with E-state index in [0.29, 0.717) is 13.1 Å². The summed E-state index contributed by atoms with van der Waals surface area (Å²) < 4.78 is 0. The molecule has 3 nitrogen and oxygen atoms in total. The highest BCUT2D eigenvalue weighted by molar-refractivity contribution is 5.85. The highest BCUT2D eigenvalue weighted by Crippen LogP contribution is 2.20. The van der Waals surface area contributed by atoms with Crippen LogP contribution in [0, 0.1) is 5.41 Å². The molecule has 1 fully saturated rings. The van der Waals surface area contributed by atoms with E-state index in [1.807, 2.05) is 0 Å². The largest absolute Gasteiger partial charge is 0.481 e. The van der Waals surface area contributed by atoms with E-state index >= 15 is 0 Å². The number of rotatable bonds is 1. The molecule has 0 saturated carbocycles. The van der Waals surface area contributed by atoms with Crippen LogP contribution in [0.3, 0.4) is 0 Å². The second-order valence-electron chi connectivity index (χ2n) is 2.47. The van der Waals surface area contributed by atoms with Crippen LogP contribution in [-0.2, 0) is 4.79 Å². The molecule has 1 rings (SSSR count). The lowest BCUT2D eigenvalue weighted by Crippen LogP contribution is -2.56. The van der Waals surface area contributed by atoms with E-state index in [-0.39, 0.29) is 12.4 Å². The van der Waals surface area contributed by atoms with Crippen LogP contribution < -0.4 is 5.32 Å². The molecule has 4 heteroatoms. The second-order valence-corrected chi connectivity index (χ2v) is 2.47. The number of carboxylic acid groups (broad SMARTS) is 1. The van der Waals surface area contributed by atoms with E-state index in [4.69, 9.17) is 5.11 Å². The molecule has 1 heterocycles. The Balaban J connectivity index is 0.000000640. The maximum absolute atomic E-state index is 10.3. The summed E-state index contributed by atoms with van der Waals surface area (Å²) in [5, 5.41) is 11.4. The molecule has 1 aliphatic rings. The Morgan fingerprint density at radius 3 is 2.11 bits per heavy atom. The minimum Gasteiger partial charge on any atom is -0.481 e. The second kappa shape index (κ2) is 2.54. The van der Waals surface area contributed by atoms with Crippen molar-refractivity contribution < 1.29 is 9.90 Å². The number of hydrogen-bond donors (Lipinski definition) is 2. The molecule has 9 heavy (non-hydrogen) atoms. The van der Waals surface area contributed by atoms with Gasteiger partial charge >= 0.3 is 5.97 Å². The zero-order valence-electron chi connectivity index (χ0n) is 5.18.